The molecule has 0 aliphatic carbocycles. The van der Waals surface area contributed by atoms with Crippen LogP contribution in [-0.2, 0) is 6.54 Å². The van der Waals surface area contributed by atoms with E-state index >= 15 is 0 Å². The second-order valence-corrected chi connectivity index (χ2v) is 6.82. The number of hydrogen-bond donors (Lipinski definition) is 1. The van der Waals surface area contributed by atoms with Gasteiger partial charge in [0.15, 0.2) is 0 Å². The summed E-state index contributed by atoms with van der Waals surface area (Å²) in [7, 11) is 0. The summed E-state index contributed by atoms with van der Waals surface area (Å²) < 4.78 is 5.26. The predicted octanol–water partition coefficient (Wildman–Crippen LogP) is 4.28. The van der Waals surface area contributed by atoms with Crippen molar-refractivity contribution < 1.29 is 9.21 Å². The first-order valence-electron chi connectivity index (χ1n) is 9.73. The van der Waals surface area contributed by atoms with Crippen molar-refractivity contribution in [2.45, 2.75) is 6.54 Å². The average Bonchev–Trinajstić information content (AvgIpc) is 3.36. The smallest absolute Gasteiger partial charge is 0.251 e. The van der Waals surface area contributed by atoms with Crippen LogP contribution in [0.3, 0.4) is 0 Å². The molecule has 150 valence electrons. The monoisotopic (exact) mass is 407 g/mol. The van der Waals surface area contributed by atoms with Gasteiger partial charge in [-0.15, -0.1) is 0 Å². The summed E-state index contributed by atoms with van der Waals surface area (Å²) in [5.74, 6) is 0.472. The molecule has 0 spiro atoms. The third kappa shape index (κ3) is 3.89. The standard InChI is InChI=1S/C24H17N5O2/c30-24(27-15-17-6-5-13-31-17)16-9-10-18-21(14-16)29-23(20-8-2-4-12-26-20)22(28-18)19-7-1-3-11-25-19/h1-14H,15H2,(H,27,30). The fraction of sp³-hybridized carbons (Fsp3) is 0.0417. The Balaban J connectivity index is 1.56. The molecule has 0 radical (unpaired) electrons. The molecule has 31 heavy (non-hydrogen) atoms. The quantitative estimate of drug-likeness (QED) is 0.467. The fourth-order valence-corrected chi connectivity index (χ4v) is 3.24. The molecule has 0 fully saturated rings. The van der Waals surface area contributed by atoms with E-state index < -0.39 is 0 Å². The molecule has 0 bridgehead atoms. The third-order valence-electron chi connectivity index (χ3n) is 4.74. The van der Waals surface area contributed by atoms with Crippen LogP contribution >= 0.6 is 0 Å². The van der Waals surface area contributed by atoms with E-state index in [1.165, 1.54) is 0 Å². The second-order valence-electron chi connectivity index (χ2n) is 6.82. The van der Waals surface area contributed by atoms with Gasteiger partial charge in [0.25, 0.3) is 5.91 Å². The molecule has 4 heterocycles. The van der Waals surface area contributed by atoms with E-state index in [4.69, 9.17) is 14.4 Å². The largest absolute Gasteiger partial charge is 0.467 e. The number of pyridine rings is 2. The number of nitrogens with zero attached hydrogens (tertiary/aromatic N) is 4. The summed E-state index contributed by atoms with van der Waals surface area (Å²) in [6.07, 6.45) is 5.00. The summed E-state index contributed by atoms with van der Waals surface area (Å²) in [6.45, 7) is 0.313. The number of amides is 1. The second kappa shape index (κ2) is 8.16. The average molecular weight is 407 g/mol. The van der Waals surface area contributed by atoms with E-state index in [0.29, 0.717) is 51.7 Å². The van der Waals surface area contributed by atoms with Gasteiger partial charge in [-0.1, -0.05) is 12.1 Å². The molecule has 1 N–H and O–H groups in total. The summed E-state index contributed by atoms with van der Waals surface area (Å²) in [5, 5.41) is 2.85. The van der Waals surface area contributed by atoms with Crippen LogP contribution in [-0.4, -0.2) is 25.8 Å². The Kier molecular flexibility index (Phi) is 4.90. The molecule has 0 aliphatic rings. The molecule has 0 atom stereocenters. The molecule has 0 aliphatic heterocycles. The van der Waals surface area contributed by atoms with Crippen molar-refractivity contribution in [2.75, 3.05) is 0 Å². The van der Waals surface area contributed by atoms with Crippen LogP contribution in [0.5, 0.6) is 0 Å². The Bertz CT molecular complexity index is 1340. The van der Waals surface area contributed by atoms with E-state index in [9.17, 15) is 4.79 Å². The highest BCUT2D eigenvalue weighted by atomic mass is 16.3. The Hall–Kier alpha value is -4.39. The predicted molar refractivity (Wildman–Crippen MR) is 116 cm³/mol. The van der Waals surface area contributed by atoms with E-state index in [2.05, 4.69) is 15.3 Å². The fourth-order valence-electron chi connectivity index (χ4n) is 3.24. The van der Waals surface area contributed by atoms with E-state index in [1.54, 1.807) is 42.9 Å². The normalized spacial score (nSPS) is 10.8. The zero-order chi connectivity index (χ0) is 21.0. The molecule has 0 saturated heterocycles. The van der Waals surface area contributed by atoms with Crippen molar-refractivity contribution in [1.82, 2.24) is 25.3 Å². The van der Waals surface area contributed by atoms with E-state index in [-0.39, 0.29) is 5.91 Å². The molecule has 0 saturated carbocycles. The van der Waals surface area contributed by atoms with Gasteiger partial charge in [0.1, 0.15) is 17.1 Å². The number of hydrogen-bond acceptors (Lipinski definition) is 6. The molecule has 7 nitrogen and oxygen atoms in total. The molecular formula is C24H17N5O2. The van der Waals surface area contributed by atoms with Gasteiger partial charge in [0.05, 0.1) is 35.2 Å². The van der Waals surface area contributed by atoms with Gasteiger partial charge < -0.3 is 9.73 Å². The Morgan fingerprint density at radius 1 is 0.806 bits per heavy atom. The summed E-state index contributed by atoms with van der Waals surface area (Å²) in [6, 6.07) is 20.1. The van der Waals surface area contributed by atoms with Crippen LogP contribution < -0.4 is 5.32 Å². The SMILES string of the molecule is O=C(NCc1ccco1)c1ccc2nc(-c3ccccn3)c(-c3ccccn3)nc2c1. The minimum absolute atomic E-state index is 0.215. The first-order valence-corrected chi connectivity index (χ1v) is 9.73. The molecule has 0 unspecified atom stereocenters. The number of furan rings is 1. The summed E-state index contributed by atoms with van der Waals surface area (Å²) in [5.41, 5.74) is 4.41. The van der Waals surface area contributed by atoms with Crippen molar-refractivity contribution in [3.05, 3.63) is 96.7 Å². The van der Waals surface area contributed by atoms with Crippen molar-refractivity contribution in [3.63, 3.8) is 0 Å². The molecular weight excluding hydrogens is 390 g/mol. The number of carbonyl (C=O) groups is 1. The van der Waals surface area contributed by atoms with Crippen molar-refractivity contribution in [3.8, 4) is 22.8 Å². The lowest BCUT2D eigenvalue weighted by molar-refractivity contribution is 0.0948. The molecule has 1 amide bonds. The van der Waals surface area contributed by atoms with Gasteiger partial charge in [-0.25, -0.2) is 9.97 Å². The highest BCUT2D eigenvalue weighted by Gasteiger charge is 2.16. The number of fused-ring (bicyclic) bond motifs is 1. The lowest BCUT2D eigenvalue weighted by Crippen LogP contribution is -2.22. The number of nitrogens with one attached hydrogen (secondary N) is 1. The van der Waals surface area contributed by atoms with E-state index in [1.807, 2.05) is 42.5 Å². The maximum absolute atomic E-state index is 12.6. The molecule has 7 heteroatoms. The number of carbonyl (C=O) groups excluding carboxylic acids is 1. The van der Waals surface area contributed by atoms with Gasteiger partial charge >= 0.3 is 0 Å². The zero-order valence-corrected chi connectivity index (χ0v) is 16.4. The minimum atomic E-state index is -0.215. The molecule has 4 aromatic heterocycles. The lowest BCUT2D eigenvalue weighted by atomic mass is 10.1. The summed E-state index contributed by atoms with van der Waals surface area (Å²) >= 11 is 0. The Morgan fingerprint density at radius 2 is 1.52 bits per heavy atom. The van der Waals surface area contributed by atoms with E-state index in [0.717, 1.165) is 0 Å². The van der Waals surface area contributed by atoms with Gasteiger partial charge in [-0.2, -0.15) is 0 Å². The first-order chi connectivity index (χ1) is 15.3. The number of aromatic nitrogens is 4. The maximum atomic E-state index is 12.6. The van der Waals surface area contributed by atoms with Crippen LogP contribution in [0, 0.1) is 0 Å². The maximum Gasteiger partial charge on any atom is 0.251 e. The highest BCUT2D eigenvalue weighted by Crippen LogP contribution is 2.28. The van der Waals surface area contributed by atoms with Crippen molar-refractivity contribution >= 4 is 16.9 Å². The van der Waals surface area contributed by atoms with Crippen LogP contribution in [0.2, 0.25) is 0 Å². The Morgan fingerprint density at radius 3 is 2.13 bits per heavy atom. The van der Waals surface area contributed by atoms with Gasteiger partial charge in [0, 0.05) is 18.0 Å². The van der Waals surface area contributed by atoms with Crippen LogP contribution in [0.4, 0.5) is 0 Å². The molecule has 5 aromatic rings. The highest BCUT2D eigenvalue weighted by molar-refractivity contribution is 5.97. The minimum Gasteiger partial charge on any atom is -0.467 e. The first kappa shape index (κ1) is 18.6. The van der Waals surface area contributed by atoms with Crippen molar-refractivity contribution in [1.29, 1.82) is 0 Å². The van der Waals surface area contributed by atoms with Crippen LogP contribution in [0.15, 0.2) is 89.8 Å². The zero-order valence-electron chi connectivity index (χ0n) is 16.4. The van der Waals surface area contributed by atoms with Crippen molar-refractivity contribution in [2.24, 2.45) is 0 Å². The third-order valence-corrected chi connectivity index (χ3v) is 4.74. The lowest BCUT2D eigenvalue weighted by Gasteiger charge is -2.10. The van der Waals surface area contributed by atoms with Crippen LogP contribution in [0.1, 0.15) is 16.1 Å². The van der Waals surface area contributed by atoms with Crippen LogP contribution in [0.25, 0.3) is 33.8 Å². The number of benzene rings is 1. The molecule has 5 rings (SSSR count). The number of rotatable bonds is 5. The van der Waals surface area contributed by atoms with Gasteiger partial charge in [-0.05, 0) is 54.6 Å². The summed E-state index contributed by atoms with van der Waals surface area (Å²) in [4.78, 5) is 31.1. The topological polar surface area (TPSA) is 93.8 Å². The van der Waals surface area contributed by atoms with Gasteiger partial charge in [-0.3, -0.25) is 14.8 Å². The molecule has 1 aromatic carbocycles. The Labute approximate surface area is 177 Å². The van der Waals surface area contributed by atoms with Gasteiger partial charge in [0.2, 0.25) is 0 Å².